The van der Waals surface area contributed by atoms with Crippen LogP contribution in [0.1, 0.15) is 48.8 Å². The van der Waals surface area contributed by atoms with Crippen LogP contribution in [-0.4, -0.2) is 18.5 Å². The molecule has 0 aromatic heterocycles. The highest BCUT2D eigenvalue weighted by Gasteiger charge is 2.25. The van der Waals surface area contributed by atoms with E-state index in [1.807, 2.05) is 0 Å². The molecule has 1 fully saturated rings. The molecule has 0 saturated heterocycles. The third-order valence-corrected chi connectivity index (χ3v) is 5.09. The van der Waals surface area contributed by atoms with Gasteiger partial charge in [0.2, 0.25) is 5.91 Å². The van der Waals surface area contributed by atoms with Gasteiger partial charge in [0.25, 0.3) is 0 Å². The Hall–Kier alpha value is -1.06. The van der Waals surface area contributed by atoms with Crippen molar-refractivity contribution in [3.05, 3.63) is 34.9 Å². The van der Waals surface area contributed by atoms with Gasteiger partial charge in [-0.1, -0.05) is 31.0 Å². The standard InChI is InChI=1S/C18H26N2O.ClH/c19-12-16-4-1-2-7-17(16)20-18(21)11-13-8-9-14-5-3-6-15(14)10-13;/h8-10,16-17H,1-7,11-12,19H2,(H,20,21);1H. The zero-order chi connectivity index (χ0) is 14.7. The van der Waals surface area contributed by atoms with E-state index in [9.17, 15) is 4.79 Å². The van der Waals surface area contributed by atoms with E-state index in [1.165, 1.54) is 43.2 Å². The summed E-state index contributed by atoms with van der Waals surface area (Å²) >= 11 is 0. The number of nitrogens with two attached hydrogens (primary N) is 1. The third-order valence-electron chi connectivity index (χ3n) is 5.09. The lowest BCUT2D eigenvalue weighted by Crippen LogP contribution is -2.45. The molecule has 3 rings (SSSR count). The number of aryl methyl sites for hydroxylation is 2. The number of halogens is 1. The molecular weight excluding hydrogens is 296 g/mol. The van der Waals surface area contributed by atoms with Crippen molar-refractivity contribution in [1.29, 1.82) is 0 Å². The second-order valence-electron chi connectivity index (χ2n) is 6.59. The molecule has 0 heterocycles. The smallest absolute Gasteiger partial charge is 0.224 e. The summed E-state index contributed by atoms with van der Waals surface area (Å²) < 4.78 is 0. The fourth-order valence-electron chi connectivity index (χ4n) is 3.86. The van der Waals surface area contributed by atoms with Gasteiger partial charge >= 0.3 is 0 Å². The number of fused-ring (bicyclic) bond motifs is 1. The van der Waals surface area contributed by atoms with Crippen LogP contribution in [0.15, 0.2) is 18.2 Å². The molecule has 1 saturated carbocycles. The molecule has 2 unspecified atom stereocenters. The van der Waals surface area contributed by atoms with Gasteiger partial charge in [0, 0.05) is 6.04 Å². The Morgan fingerprint density at radius 3 is 2.73 bits per heavy atom. The van der Waals surface area contributed by atoms with E-state index in [4.69, 9.17) is 5.73 Å². The van der Waals surface area contributed by atoms with Crippen molar-refractivity contribution in [2.75, 3.05) is 6.54 Å². The summed E-state index contributed by atoms with van der Waals surface area (Å²) in [5, 5.41) is 3.22. The topological polar surface area (TPSA) is 55.1 Å². The Bertz CT molecular complexity index is 518. The van der Waals surface area contributed by atoms with Crippen LogP contribution in [0.2, 0.25) is 0 Å². The lowest BCUT2D eigenvalue weighted by Gasteiger charge is -2.31. The van der Waals surface area contributed by atoms with E-state index in [1.54, 1.807) is 0 Å². The highest BCUT2D eigenvalue weighted by molar-refractivity contribution is 5.85. The summed E-state index contributed by atoms with van der Waals surface area (Å²) in [5.41, 5.74) is 9.89. The van der Waals surface area contributed by atoms with Gasteiger partial charge < -0.3 is 11.1 Å². The number of carbonyl (C=O) groups excluding carboxylic acids is 1. The minimum absolute atomic E-state index is 0. The Labute approximate surface area is 139 Å². The maximum absolute atomic E-state index is 12.3. The molecule has 2 aliphatic carbocycles. The van der Waals surface area contributed by atoms with Crippen molar-refractivity contribution in [2.45, 2.75) is 57.4 Å². The first-order chi connectivity index (χ1) is 10.3. The van der Waals surface area contributed by atoms with E-state index in [0.717, 1.165) is 18.4 Å². The van der Waals surface area contributed by atoms with Crippen molar-refractivity contribution in [1.82, 2.24) is 5.32 Å². The third kappa shape index (κ3) is 4.02. The van der Waals surface area contributed by atoms with Gasteiger partial charge in [0.1, 0.15) is 0 Å². The van der Waals surface area contributed by atoms with Crippen LogP contribution in [-0.2, 0) is 24.1 Å². The maximum Gasteiger partial charge on any atom is 0.224 e. The first kappa shape index (κ1) is 17.3. The highest BCUT2D eigenvalue weighted by atomic mass is 35.5. The van der Waals surface area contributed by atoms with Crippen molar-refractivity contribution in [2.24, 2.45) is 11.7 Å². The Morgan fingerprint density at radius 1 is 1.14 bits per heavy atom. The lowest BCUT2D eigenvalue weighted by molar-refractivity contribution is -0.121. The van der Waals surface area contributed by atoms with E-state index >= 15 is 0 Å². The first-order valence-corrected chi connectivity index (χ1v) is 8.36. The van der Waals surface area contributed by atoms with Gasteiger partial charge in [0.05, 0.1) is 6.42 Å². The zero-order valence-electron chi connectivity index (χ0n) is 13.1. The fourth-order valence-corrected chi connectivity index (χ4v) is 3.86. The molecule has 4 heteroatoms. The highest BCUT2D eigenvalue weighted by Crippen LogP contribution is 2.25. The number of hydrogen-bond donors (Lipinski definition) is 2. The molecule has 2 aliphatic rings. The Kier molecular flexibility index (Phi) is 6.27. The fraction of sp³-hybridized carbons (Fsp3) is 0.611. The van der Waals surface area contributed by atoms with Crippen molar-refractivity contribution in [3.8, 4) is 0 Å². The summed E-state index contributed by atoms with van der Waals surface area (Å²) in [7, 11) is 0. The first-order valence-electron chi connectivity index (χ1n) is 8.36. The molecule has 3 nitrogen and oxygen atoms in total. The van der Waals surface area contributed by atoms with E-state index in [2.05, 4.69) is 23.5 Å². The van der Waals surface area contributed by atoms with Crippen LogP contribution < -0.4 is 11.1 Å². The van der Waals surface area contributed by atoms with E-state index < -0.39 is 0 Å². The molecule has 0 radical (unpaired) electrons. The summed E-state index contributed by atoms with van der Waals surface area (Å²) in [5.74, 6) is 0.612. The molecular formula is C18H27ClN2O. The molecule has 0 aliphatic heterocycles. The number of hydrogen-bond acceptors (Lipinski definition) is 2. The zero-order valence-corrected chi connectivity index (χ0v) is 14.0. The average molecular weight is 323 g/mol. The summed E-state index contributed by atoms with van der Waals surface area (Å²) in [4.78, 5) is 12.3. The second kappa shape index (κ2) is 7.98. The SMILES string of the molecule is Cl.NCC1CCCCC1NC(=O)Cc1ccc2c(c1)CCC2. The average Bonchev–Trinajstić information content (AvgIpc) is 2.95. The summed E-state index contributed by atoms with van der Waals surface area (Å²) in [6.07, 6.45) is 8.81. The predicted molar refractivity (Wildman–Crippen MR) is 92.4 cm³/mol. The Morgan fingerprint density at radius 2 is 1.91 bits per heavy atom. The van der Waals surface area contributed by atoms with Crippen LogP contribution in [0.25, 0.3) is 0 Å². The van der Waals surface area contributed by atoms with Crippen LogP contribution >= 0.6 is 12.4 Å². The molecule has 1 aromatic rings. The maximum atomic E-state index is 12.3. The largest absolute Gasteiger partial charge is 0.353 e. The molecule has 0 spiro atoms. The quantitative estimate of drug-likeness (QED) is 0.895. The minimum Gasteiger partial charge on any atom is -0.353 e. The van der Waals surface area contributed by atoms with Crippen molar-refractivity contribution in [3.63, 3.8) is 0 Å². The number of rotatable bonds is 4. The van der Waals surface area contributed by atoms with Crippen LogP contribution in [0.3, 0.4) is 0 Å². The normalized spacial score (nSPS) is 23.5. The monoisotopic (exact) mass is 322 g/mol. The molecule has 22 heavy (non-hydrogen) atoms. The van der Waals surface area contributed by atoms with Gasteiger partial charge in [-0.2, -0.15) is 0 Å². The summed E-state index contributed by atoms with van der Waals surface area (Å²) in [6.45, 7) is 0.684. The van der Waals surface area contributed by atoms with Gasteiger partial charge in [-0.3, -0.25) is 4.79 Å². The van der Waals surface area contributed by atoms with Crippen molar-refractivity contribution < 1.29 is 4.79 Å². The number of carbonyl (C=O) groups is 1. The number of amides is 1. The van der Waals surface area contributed by atoms with Crippen LogP contribution in [0, 0.1) is 5.92 Å². The molecule has 0 bridgehead atoms. The molecule has 1 aromatic carbocycles. The molecule has 122 valence electrons. The predicted octanol–water partition coefficient (Wildman–Crippen LogP) is 2.77. The van der Waals surface area contributed by atoms with Gasteiger partial charge in [0.15, 0.2) is 0 Å². The van der Waals surface area contributed by atoms with Gasteiger partial charge in [-0.15, -0.1) is 12.4 Å². The lowest BCUT2D eigenvalue weighted by atomic mass is 9.84. The van der Waals surface area contributed by atoms with Crippen LogP contribution in [0.4, 0.5) is 0 Å². The van der Waals surface area contributed by atoms with Gasteiger partial charge in [-0.25, -0.2) is 0 Å². The minimum atomic E-state index is 0. The van der Waals surface area contributed by atoms with Crippen LogP contribution in [0.5, 0.6) is 0 Å². The van der Waals surface area contributed by atoms with E-state index in [-0.39, 0.29) is 24.4 Å². The van der Waals surface area contributed by atoms with Gasteiger partial charge in [-0.05, 0) is 61.3 Å². The number of nitrogens with one attached hydrogen (secondary N) is 1. The second-order valence-corrected chi connectivity index (χ2v) is 6.59. The Balaban J connectivity index is 0.00000176. The molecule has 1 amide bonds. The van der Waals surface area contributed by atoms with Crippen molar-refractivity contribution >= 4 is 18.3 Å². The molecule has 2 atom stereocenters. The van der Waals surface area contributed by atoms with E-state index in [0.29, 0.717) is 18.9 Å². The molecule has 3 N–H and O–H groups in total. The number of benzene rings is 1. The summed E-state index contributed by atoms with van der Waals surface area (Å²) in [6, 6.07) is 6.83.